The van der Waals surface area contributed by atoms with Gasteiger partial charge >= 0.3 is 0 Å². The van der Waals surface area contributed by atoms with Crippen molar-refractivity contribution in [1.29, 1.82) is 0 Å². The molecule has 0 aromatic heterocycles. The summed E-state index contributed by atoms with van der Waals surface area (Å²) in [5, 5.41) is 5.80. The Morgan fingerprint density at radius 2 is 0.574 bits per heavy atom. The van der Waals surface area contributed by atoms with Crippen molar-refractivity contribution in [3.05, 3.63) is 0 Å². The van der Waals surface area contributed by atoms with Gasteiger partial charge in [0.05, 0.1) is 0 Å². The molecule has 0 bridgehead atoms. The molecule has 0 saturated carbocycles. The van der Waals surface area contributed by atoms with Gasteiger partial charge in [-0.1, -0.05) is 149 Å². The lowest BCUT2D eigenvalue weighted by atomic mass is 10.1. The Morgan fingerprint density at radius 1 is 0.311 bits per heavy atom. The minimum absolute atomic E-state index is 0.0786. The highest BCUT2D eigenvalue weighted by Gasteiger charge is 2.20. The summed E-state index contributed by atoms with van der Waals surface area (Å²) in [6.45, 7) is 11.1. The van der Waals surface area contributed by atoms with Crippen molar-refractivity contribution in [2.24, 2.45) is 0 Å². The highest BCUT2D eigenvalue weighted by atomic mass is 16.2. The minimum Gasteiger partial charge on any atom is -0.356 e. The molecule has 0 aromatic rings. The van der Waals surface area contributed by atoms with Crippen molar-refractivity contribution in [2.45, 2.75) is 213 Å². The molecule has 6 amide bonds. The number of nitrogens with one attached hydrogen (secondary N) is 2. The van der Waals surface area contributed by atoms with E-state index in [1.807, 2.05) is 4.90 Å². The predicted molar refractivity (Wildman–Crippen MR) is 251 cm³/mol. The Hall–Kier alpha value is -3.18. The first-order chi connectivity index (χ1) is 29.5. The molecule has 0 rings (SSSR count). The van der Waals surface area contributed by atoms with E-state index in [1.54, 1.807) is 35.8 Å². The lowest BCUT2D eigenvalue weighted by molar-refractivity contribution is -0.140. The van der Waals surface area contributed by atoms with Crippen LogP contribution in [0.1, 0.15) is 213 Å². The monoisotopic (exact) mass is 863 g/mol. The van der Waals surface area contributed by atoms with Crippen LogP contribution in [-0.2, 0) is 28.8 Å². The molecular formula is C49H94N6O6. The summed E-state index contributed by atoms with van der Waals surface area (Å²) in [7, 11) is 5.36. The van der Waals surface area contributed by atoms with Gasteiger partial charge in [0.2, 0.25) is 35.4 Å². The lowest BCUT2D eigenvalue weighted by Crippen LogP contribution is -2.38. The van der Waals surface area contributed by atoms with Crippen LogP contribution in [0.25, 0.3) is 0 Å². The molecule has 0 unspecified atom stereocenters. The molecule has 0 radical (unpaired) electrons. The van der Waals surface area contributed by atoms with E-state index in [2.05, 4.69) is 31.4 Å². The molecule has 0 aliphatic carbocycles. The fourth-order valence-electron chi connectivity index (χ4n) is 7.36. The average Bonchev–Trinajstić information content (AvgIpc) is 3.23. The number of rotatable bonds is 42. The second-order valence-electron chi connectivity index (χ2n) is 17.5. The number of unbranched alkanes of at least 4 members (excludes halogenated alkanes) is 22. The molecule has 0 saturated heterocycles. The van der Waals surface area contributed by atoms with Gasteiger partial charge in [-0.15, -0.1) is 0 Å². The van der Waals surface area contributed by atoms with Gasteiger partial charge in [0.15, 0.2) is 0 Å². The van der Waals surface area contributed by atoms with Crippen LogP contribution < -0.4 is 10.6 Å². The van der Waals surface area contributed by atoms with Crippen molar-refractivity contribution >= 4 is 35.4 Å². The van der Waals surface area contributed by atoms with Crippen LogP contribution in [0.4, 0.5) is 0 Å². The van der Waals surface area contributed by atoms with Crippen LogP contribution >= 0.6 is 0 Å². The molecule has 0 atom stereocenters. The number of hydrogen-bond acceptors (Lipinski definition) is 6. The van der Waals surface area contributed by atoms with Gasteiger partial charge in [-0.25, -0.2) is 0 Å². The van der Waals surface area contributed by atoms with E-state index in [0.29, 0.717) is 45.8 Å². The predicted octanol–water partition coefficient (Wildman–Crippen LogP) is 9.19. The Kier molecular flexibility index (Phi) is 38.7. The number of hydrogen-bond donors (Lipinski definition) is 2. The Bertz CT molecular complexity index is 1090. The molecule has 356 valence electrons. The Balaban J connectivity index is 4.50. The molecule has 0 aromatic carbocycles. The smallest absolute Gasteiger partial charge is 0.232 e. The summed E-state index contributed by atoms with van der Waals surface area (Å²) in [6.07, 6.45) is 28.5. The fourth-order valence-corrected chi connectivity index (χ4v) is 7.36. The van der Waals surface area contributed by atoms with E-state index in [0.717, 1.165) is 116 Å². The maximum atomic E-state index is 13.4. The molecule has 0 aliphatic rings. The minimum atomic E-state index is -0.206. The van der Waals surface area contributed by atoms with Gasteiger partial charge < -0.3 is 30.2 Å². The van der Waals surface area contributed by atoms with Crippen LogP contribution in [0, 0.1) is 0 Å². The van der Waals surface area contributed by atoms with E-state index in [9.17, 15) is 28.8 Å². The fraction of sp³-hybridized carbons (Fsp3) is 0.878. The SMILES string of the molecule is CCCCCCCN(C)C(=O)CC(=O)NCCCCCCCCN(CCCCCCCCNC(=O)CC(=O)N(C)CCCCCCC)C(=O)CC(=O)N(C)CCCCCCC. The molecule has 61 heavy (non-hydrogen) atoms. The third-order valence-corrected chi connectivity index (χ3v) is 11.7. The van der Waals surface area contributed by atoms with Gasteiger partial charge in [-0.2, -0.15) is 0 Å². The molecule has 0 heterocycles. The average molecular weight is 863 g/mol. The summed E-state index contributed by atoms with van der Waals surface area (Å²) in [4.78, 5) is 82.6. The van der Waals surface area contributed by atoms with E-state index in [1.165, 1.54) is 57.8 Å². The first-order valence-electron chi connectivity index (χ1n) is 25.0. The molecular weight excluding hydrogens is 769 g/mol. The molecule has 0 aliphatic heterocycles. The standard InChI is InChI=1S/C49H94N6O6/c1-7-10-13-22-29-36-52(4)46(58)41-44(56)50-34-27-20-16-18-25-32-39-55(49(61)43-48(60)54(6)38-31-24-15-12-9-3)40-33-26-19-17-21-28-35-51-45(57)42-47(59)53(5)37-30-23-14-11-8-2/h7-43H2,1-6H3,(H,50,56)(H,51,57). The van der Waals surface area contributed by atoms with Gasteiger partial charge in [0, 0.05) is 67.0 Å². The number of nitrogens with zero attached hydrogens (tertiary/aromatic N) is 4. The van der Waals surface area contributed by atoms with Crippen molar-refractivity contribution in [3.63, 3.8) is 0 Å². The molecule has 0 fully saturated rings. The zero-order chi connectivity index (χ0) is 45.4. The van der Waals surface area contributed by atoms with Crippen LogP contribution in [0.15, 0.2) is 0 Å². The first kappa shape index (κ1) is 57.8. The van der Waals surface area contributed by atoms with Crippen molar-refractivity contribution in [1.82, 2.24) is 30.2 Å². The molecule has 0 spiro atoms. The summed E-state index contributed by atoms with van der Waals surface area (Å²) in [6, 6.07) is 0. The second-order valence-corrected chi connectivity index (χ2v) is 17.5. The summed E-state index contributed by atoms with van der Waals surface area (Å²) in [5.74, 6) is -0.843. The van der Waals surface area contributed by atoms with Gasteiger partial charge in [0.25, 0.3) is 0 Å². The number of carbonyl (C=O) groups excluding carboxylic acids is 6. The highest BCUT2D eigenvalue weighted by Crippen LogP contribution is 2.12. The van der Waals surface area contributed by atoms with Crippen molar-refractivity contribution in [2.75, 3.05) is 67.0 Å². The summed E-state index contributed by atoms with van der Waals surface area (Å²) in [5.41, 5.74) is 0. The lowest BCUT2D eigenvalue weighted by Gasteiger charge is -2.24. The largest absolute Gasteiger partial charge is 0.356 e. The van der Waals surface area contributed by atoms with Gasteiger partial charge in [0.1, 0.15) is 19.3 Å². The van der Waals surface area contributed by atoms with Crippen LogP contribution in [-0.4, -0.2) is 122 Å². The van der Waals surface area contributed by atoms with Gasteiger partial charge in [-0.3, -0.25) is 28.8 Å². The summed E-state index contributed by atoms with van der Waals surface area (Å²) < 4.78 is 0. The van der Waals surface area contributed by atoms with E-state index < -0.39 is 0 Å². The second kappa shape index (κ2) is 40.9. The normalized spacial score (nSPS) is 11.0. The van der Waals surface area contributed by atoms with Crippen LogP contribution in [0.2, 0.25) is 0 Å². The maximum absolute atomic E-state index is 13.4. The first-order valence-corrected chi connectivity index (χ1v) is 25.0. The third-order valence-electron chi connectivity index (χ3n) is 11.7. The zero-order valence-electron chi connectivity index (χ0n) is 40.4. The maximum Gasteiger partial charge on any atom is 0.232 e. The van der Waals surface area contributed by atoms with E-state index in [-0.39, 0.29) is 54.7 Å². The summed E-state index contributed by atoms with van der Waals surface area (Å²) >= 11 is 0. The molecule has 12 heteroatoms. The van der Waals surface area contributed by atoms with Gasteiger partial charge in [-0.05, 0) is 44.9 Å². The molecule has 2 N–H and O–H groups in total. The highest BCUT2D eigenvalue weighted by molar-refractivity contribution is 5.97. The number of amides is 6. The zero-order valence-corrected chi connectivity index (χ0v) is 40.4. The van der Waals surface area contributed by atoms with E-state index >= 15 is 0 Å². The Morgan fingerprint density at radius 3 is 0.902 bits per heavy atom. The third kappa shape index (κ3) is 35.0. The Labute approximate surface area is 373 Å². The van der Waals surface area contributed by atoms with Crippen LogP contribution in [0.3, 0.4) is 0 Å². The van der Waals surface area contributed by atoms with Crippen LogP contribution in [0.5, 0.6) is 0 Å². The van der Waals surface area contributed by atoms with Crippen molar-refractivity contribution in [3.8, 4) is 0 Å². The quantitative estimate of drug-likeness (QED) is 0.0464. The molecule has 12 nitrogen and oxygen atoms in total. The van der Waals surface area contributed by atoms with Crippen molar-refractivity contribution < 1.29 is 28.8 Å². The number of carbonyl (C=O) groups is 6. The topological polar surface area (TPSA) is 139 Å². The van der Waals surface area contributed by atoms with E-state index in [4.69, 9.17) is 0 Å².